The van der Waals surface area contributed by atoms with Crippen LogP contribution in [0.2, 0.25) is 0 Å². The van der Waals surface area contributed by atoms with Crippen molar-refractivity contribution in [3.8, 4) is 0 Å². The Labute approximate surface area is 106 Å². The van der Waals surface area contributed by atoms with E-state index in [1.807, 2.05) is 42.1 Å². The molecule has 0 aliphatic heterocycles. The zero-order valence-electron chi connectivity index (χ0n) is 8.65. The highest BCUT2D eigenvalue weighted by Gasteiger charge is 2.06. The van der Waals surface area contributed by atoms with Crippen molar-refractivity contribution >= 4 is 34.6 Å². The maximum atomic E-state index is 6.11. The van der Waals surface area contributed by atoms with Gasteiger partial charge >= 0.3 is 0 Å². The molecular formula is C11H16ClIO. The lowest BCUT2D eigenvalue weighted by Crippen LogP contribution is -1.88. The number of halogens is 2. The first-order valence-corrected chi connectivity index (χ1v) is 5.92. The van der Waals surface area contributed by atoms with Crippen molar-refractivity contribution in [2.75, 3.05) is 0 Å². The van der Waals surface area contributed by atoms with Crippen LogP contribution in [-0.2, 0) is 3.07 Å². The van der Waals surface area contributed by atoms with Gasteiger partial charge in [0.25, 0.3) is 0 Å². The molecule has 0 atom stereocenters. The van der Waals surface area contributed by atoms with Crippen molar-refractivity contribution in [3.05, 3.63) is 35.1 Å². The Kier molecular flexibility index (Phi) is 8.38. The van der Waals surface area contributed by atoms with E-state index in [1.165, 1.54) is 0 Å². The first-order chi connectivity index (χ1) is 6.67. The Hall–Kier alpha value is 0.0400. The van der Waals surface area contributed by atoms with Crippen LogP contribution in [0.5, 0.6) is 0 Å². The first kappa shape index (κ1) is 14.0. The van der Waals surface area contributed by atoms with E-state index < -0.39 is 0 Å². The number of hydrogen-bond acceptors (Lipinski definition) is 1. The van der Waals surface area contributed by atoms with Crippen molar-refractivity contribution < 1.29 is 3.07 Å². The van der Waals surface area contributed by atoms with Crippen LogP contribution in [-0.4, -0.2) is 0 Å². The predicted octanol–water partition coefficient (Wildman–Crippen LogP) is 5.13. The van der Waals surface area contributed by atoms with Gasteiger partial charge in [-0.25, -0.2) is 0 Å². The van der Waals surface area contributed by atoms with Crippen molar-refractivity contribution in [2.24, 2.45) is 0 Å². The Morgan fingerprint density at radius 2 is 2.21 bits per heavy atom. The van der Waals surface area contributed by atoms with Gasteiger partial charge in [0, 0.05) is 0 Å². The van der Waals surface area contributed by atoms with Crippen molar-refractivity contribution in [3.63, 3.8) is 0 Å². The molecule has 1 nitrogen and oxygen atoms in total. The summed E-state index contributed by atoms with van der Waals surface area (Å²) in [5, 5.41) is 0.631. The van der Waals surface area contributed by atoms with Gasteiger partial charge in [-0.15, -0.1) is 0 Å². The number of hydrogen-bond donors (Lipinski definition) is 0. The zero-order valence-corrected chi connectivity index (χ0v) is 11.6. The molecule has 3 heteroatoms. The van der Waals surface area contributed by atoms with E-state index >= 15 is 0 Å². The number of allylic oxidation sites excluding steroid dienone is 4. The molecule has 0 fully saturated rings. The van der Waals surface area contributed by atoms with E-state index in [0.29, 0.717) is 10.8 Å². The van der Waals surface area contributed by atoms with Gasteiger partial charge < -0.3 is 3.07 Å². The summed E-state index contributed by atoms with van der Waals surface area (Å²) in [6.45, 7) is 8.01. The molecule has 0 saturated heterocycles. The van der Waals surface area contributed by atoms with Crippen molar-refractivity contribution in [2.45, 2.75) is 33.1 Å². The highest BCUT2D eigenvalue weighted by molar-refractivity contribution is 14.1. The maximum absolute atomic E-state index is 6.11. The SMILES string of the molecule is C=C(CCCC)/C(Cl)=C(\C=C/C)OI. The summed E-state index contributed by atoms with van der Waals surface area (Å²) in [5.41, 5.74) is 0.943. The number of unbranched alkanes of at least 4 members (excludes halogenated alkanes) is 1. The third-order valence-electron chi connectivity index (χ3n) is 1.76. The lowest BCUT2D eigenvalue weighted by molar-refractivity contribution is 0.583. The molecule has 0 radical (unpaired) electrons. The Balaban J connectivity index is 4.51. The highest BCUT2D eigenvalue weighted by Crippen LogP contribution is 2.25. The Bertz CT molecular complexity index is 244. The van der Waals surface area contributed by atoms with E-state index in [9.17, 15) is 0 Å². The van der Waals surface area contributed by atoms with Crippen LogP contribution in [0.1, 0.15) is 33.1 Å². The van der Waals surface area contributed by atoms with Crippen LogP contribution in [0, 0.1) is 0 Å². The van der Waals surface area contributed by atoms with Gasteiger partial charge in [-0.05, 0) is 31.4 Å². The molecule has 0 heterocycles. The van der Waals surface area contributed by atoms with E-state index in [1.54, 1.807) is 0 Å². The summed E-state index contributed by atoms with van der Waals surface area (Å²) < 4.78 is 5.12. The molecule has 0 amide bonds. The monoisotopic (exact) mass is 326 g/mol. The van der Waals surface area contributed by atoms with Gasteiger partial charge in [-0.2, -0.15) is 0 Å². The van der Waals surface area contributed by atoms with E-state index in [2.05, 4.69) is 13.5 Å². The Morgan fingerprint density at radius 3 is 2.64 bits per heavy atom. The van der Waals surface area contributed by atoms with Crippen LogP contribution < -0.4 is 0 Å². The fourth-order valence-corrected chi connectivity index (χ4v) is 1.65. The summed E-state index contributed by atoms with van der Waals surface area (Å²) in [6.07, 6.45) is 6.92. The summed E-state index contributed by atoms with van der Waals surface area (Å²) in [6, 6.07) is 0. The molecule has 0 aliphatic rings. The summed E-state index contributed by atoms with van der Waals surface area (Å²) >= 11 is 7.94. The molecule has 0 bridgehead atoms. The molecule has 0 unspecified atom stereocenters. The van der Waals surface area contributed by atoms with Crippen molar-refractivity contribution in [1.29, 1.82) is 0 Å². The van der Waals surface area contributed by atoms with E-state index in [4.69, 9.17) is 14.7 Å². The average molecular weight is 327 g/mol. The summed E-state index contributed by atoms with van der Waals surface area (Å²) in [4.78, 5) is 0. The minimum atomic E-state index is 0.631. The second-order valence-corrected chi connectivity index (χ2v) is 3.78. The number of rotatable bonds is 6. The quantitative estimate of drug-likeness (QED) is 0.374. The largest absolute Gasteiger partial charge is 0.426 e. The molecule has 0 rings (SSSR count). The van der Waals surface area contributed by atoms with Gasteiger partial charge in [0.1, 0.15) is 0 Å². The minimum Gasteiger partial charge on any atom is -0.426 e. The van der Waals surface area contributed by atoms with Crippen molar-refractivity contribution in [1.82, 2.24) is 0 Å². The molecular weight excluding hydrogens is 310 g/mol. The molecule has 14 heavy (non-hydrogen) atoms. The lowest BCUT2D eigenvalue weighted by Gasteiger charge is -2.06. The molecule has 0 N–H and O–H groups in total. The average Bonchev–Trinajstić information content (AvgIpc) is 2.21. The van der Waals surface area contributed by atoms with Crippen LogP contribution in [0.15, 0.2) is 35.1 Å². The second-order valence-electron chi connectivity index (χ2n) is 2.96. The van der Waals surface area contributed by atoms with Crippen LogP contribution in [0.4, 0.5) is 0 Å². The summed E-state index contributed by atoms with van der Waals surface area (Å²) in [7, 11) is 0. The molecule has 80 valence electrons. The zero-order chi connectivity index (χ0) is 11.0. The lowest BCUT2D eigenvalue weighted by atomic mass is 10.1. The molecule has 0 aliphatic carbocycles. The predicted molar refractivity (Wildman–Crippen MR) is 71.5 cm³/mol. The molecule has 0 aromatic carbocycles. The third kappa shape index (κ3) is 5.05. The van der Waals surface area contributed by atoms with E-state index in [-0.39, 0.29) is 0 Å². The molecule has 0 spiro atoms. The fraction of sp³-hybridized carbons (Fsp3) is 0.455. The standard InChI is InChI=1S/C11H16ClIO/c1-4-6-8-9(3)11(12)10(14-13)7-5-2/h5,7H,3-4,6,8H2,1-2H3/b7-5-,11-10-. The molecule has 0 saturated carbocycles. The van der Waals surface area contributed by atoms with Gasteiger partial charge in [-0.1, -0.05) is 37.6 Å². The minimum absolute atomic E-state index is 0.631. The smallest absolute Gasteiger partial charge is 0.192 e. The first-order valence-electron chi connectivity index (χ1n) is 4.66. The van der Waals surface area contributed by atoms with Crippen LogP contribution in [0.3, 0.4) is 0 Å². The van der Waals surface area contributed by atoms with Gasteiger partial charge in [0.05, 0.1) is 5.03 Å². The Morgan fingerprint density at radius 1 is 1.57 bits per heavy atom. The topological polar surface area (TPSA) is 9.23 Å². The normalized spacial score (nSPS) is 12.9. The molecule has 0 aromatic rings. The van der Waals surface area contributed by atoms with Gasteiger partial charge in [0.15, 0.2) is 28.8 Å². The van der Waals surface area contributed by atoms with E-state index in [0.717, 1.165) is 24.8 Å². The fourth-order valence-electron chi connectivity index (χ4n) is 0.958. The van der Waals surface area contributed by atoms with Gasteiger partial charge in [-0.3, -0.25) is 0 Å². The third-order valence-corrected chi connectivity index (χ3v) is 2.69. The van der Waals surface area contributed by atoms with Gasteiger partial charge in [0.2, 0.25) is 0 Å². The van der Waals surface area contributed by atoms with Crippen LogP contribution >= 0.6 is 34.6 Å². The highest BCUT2D eigenvalue weighted by atomic mass is 127. The maximum Gasteiger partial charge on any atom is 0.192 e. The second kappa shape index (κ2) is 8.36. The summed E-state index contributed by atoms with van der Waals surface area (Å²) in [5.74, 6) is 0.677. The molecule has 0 aromatic heterocycles. The van der Waals surface area contributed by atoms with Crippen LogP contribution in [0.25, 0.3) is 0 Å².